The van der Waals surface area contributed by atoms with Gasteiger partial charge in [-0.1, -0.05) is 59.8 Å². The maximum atomic E-state index is 13.2. The summed E-state index contributed by atoms with van der Waals surface area (Å²) >= 11 is 7.33. The van der Waals surface area contributed by atoms with Gasteiger partial charge >= 0.3 is 0 Å². The van der Waals surface area contributed by atoms with Crippen LogP contribution in [0.15, 0.2) is 83.9 Å². The zero-order valence-corrected chi connectivity index (χ0v) is 21.6. The zero-order valence-electron chi connectivity index (χ0n) is 20.0. The second kappa shape index (κ2) is 12.6. The molecule has 2 amide bonds. The van der Waals surface area contributed by atoms with Gasteiger partial charge in [0, 0.05) is 29.7 Å². The Morgan fingerprint density at radius 1 is 1.11 bits per heavy atom. The van der Waals surface area contributed by atoms with Crippen LogP contribution in [0.5, 0.6) is 5.75 Å². The van der Waals surface area contributed by atoms with E-state index in [2.05, 4.69) is 17.4 Å². The summed E-state index contributed by atoms with van der Waals surface area (Å²) in [6.45, 7) is 2.97. The Balaban J connectivity index is 1.49. The summed E-state index contributed by atoms with van der Waals surface area (Å²) in [7, 11) is 0. The van der Waals surface area contributed by atoms with E-state index in [1.54, 1.807) is 41.3 Å². The van der Waals surface area contributed by atoms with Crippen molar-refractivity contribution in [2.24, 2.45) is 4.99 Å². The molecule has 186 valence electrons. The van der Waals surface area contributed by atoms with Gasteiger partial charge in [-0.15, -0.1) is 0 Å². The van der Waals surface area contributed by atoms with E-state index in [9.17, 15) is 9.59 Å². The average Bonchev–Trinajstić information content (AvgIpc) is 2.88. The van der Waals surface area contributed by atoms with Crippen LogP contribution in [0.2, 0.25) is 5.02 Å². The quantitative estimate of drug-likeness (QED) is 0.357. The maximum absolute atomic E-state index is 13.2. The van der Waals surface area contributed by atoms with Crippen LogP contribution < -0.4 is 10.1 Å². The van der Waals surface area contributed by atoms with Gasteiger partial charge in [-0.25, -0.2) is 4.99 Å². The third-order valence-corrected chi connectivity index (χ3v) is 7.03. The zero-order chi connectivity index (χ0) is 25.3. The van der Waals surface area contributed by atoms with Crippen LogP contribution in [-0.4, -0.2) is 40.3 Å². The molecule has 0 radical (unpaired) electrons. The Morgan fingerprint density at radius 2 is 1.89 bits per heavy atom. The highest BCUT2D eigenvalue weighted by atomic mass is 35.5. The minimum absolute atomic E-state index is 0.104. The molecule has 0 aromatic heterocycles. The first-order chi connectivity index (χ1) is 17.5. The van der Waals surface area contributed by atoms with Crippen molar-refractivity contribution in [2.75, 3.05) is 18.5 Å². The molecule has 1 unspecified atom stereocenters. The highest BCUT2D eigenvalue weighted by Gasteiger charge is 2.35. The molecular formula is C28H28ClN3O3S. The van der Waals surface area contributed by atoms with Gasteiger partial charge in [0.1, 0.15) is 11.0 Å². The van der Waals surface area contributed by atoms with Crippen LogP contribution in [0.4, 0.5) is 11.4 Å². The van der Waals surface area contributed by atoms with E-state index in [1.807, 2.05) is 37.3 Å². The number of carbonyl (C=O) groups excluding carboxylic acids is 2. The van der Waals surface area contributed by atoms with E-state index >= 15 is 0 Å². The molecule has 0 spiro atoms. The largest absolute Gasteiger partial charge is 0.494 e. The number of aliphatic imine (C=N–C) groups is 1. The van der Waals surface area contributed by atoms with Gasteiger partial charge in [0.2, 0.25) is 11.8 Å². The Hall–Kier alpha value is -3.29. The lowest BCUT2D eigenvalue weighted by Crippen LogP contribution is -2.45. The van der Waals surface area contributed by atoms with Crippen molar-refractivity contribution in [2.45, 2.75) is 31.4 Å². The summed E-state index contributed by atoms with van der Waals surface area (Å²) in [5.41, 5.74) is 2.52. The normalized spacial score (nSPS) is 16.7. The Morgan fingerprint density at radius 3 is 2.64 bits per heavy atom. The van der Waals surface area contributed by atoms with E-state index in [-0.39, 0.29) is 18.2 Å². The highest BCUT2D eigenvalue weighted by molar-refractivity contribution is 8.15. The number of aryl methyl sites for hydroxylation is 1. The fraction of sp³-hybridized carbons (Fsp3) is 0.250. The van der Waals surface area contributed by atoms with Gasteiger partial charge in [-0.2, -0.15) is 0 Å². The lowest BCUT2D eigenvalue weighted by atomic mass is 10.1. The van der Waals surface area contributed by atoms with Crippen molar-refractivity contribution in [1.82, 2.24) is 4.90 Å². The number of rotatable bonds is 9. The molecule has 1 atom stereocenters. The number of hydrogen-bond acceptors (Lipinski definition) is 5. The topological polar surface area (TPSA) is 71.0 Å². The fourth-order valence-corrected chi connectivity index (χ4v) is 5.08. The number of thioether (sulfide) groups is 1. The highest BCUT2D eigenvalue weighted by Crippen LogP contribution is 2.31. The lowest BCUT2D eigenvalue weighted by Gasteiger charge is -2.32. The van der Waals surface area contributed by atoms with Gasteiger partial charge in [0.05, 0.1) is 12.3 Å². The lowest BCUT2D eigenvalue weighted by molar-refractivity contribution is -0.129. The Kier molecular flexibility index (Phi) is 9.03. The van der Waals surface area contributed by atoms with E-state index in [0.717, 1.165) is 12.8 Å². The molecule has 1 N–H and O–H groups in total. The number of halogens is 1. The number of ether oxygens (including phenoxy) is 1. The number of benzene rings is 3. The summed E-state index contributed by atoms with van der Waals surface area (Å²) in [4.78, 5) is 32.7. The van der Waals surface area contributed by atoms with Crippen molar-refractivity contribution >= 4 is 51.7 Å². The van der Waals surface area contributed by atoms with Crippen molar-refractivity contribution in [3.05, 3.63) is 89.4 Å². The molecule has 1 aliphatic rings. The monoisotopic (exact) mass is 521 g/mol. The molecule has 6 nitrogen and oxygen atoms in total. The van der Waals surface area contributed by atoms with E-state index < -0.39 is 5.25 Å². The van der Waals surface area contributed by atoms with Crippen molar-refractivity contribution in [3.63, 3.8) is 0 Å². The number of amides is 2. The third kappa shape index (κ3) is 7.12. The molecule has 0 aliphatic carbocycles. The predicted octanol–water partition coefficient (Wildman–Crippen LogP) is 6.33. The van der Waals surface area contributed by atoms with Crippen LogP contribution in [0.1, 0.15) is 25.3 Å². The van der Waals surface area contributed by atoms with E-state index in [4.69, 9.17) is 21.3 Å². The van der Waals surface area contributed by atoms with E-state index in [1.165, 1.54) is 17.3 Å². The first-order valence-corrected chi connectivity index (χ1v) is 13.2. The van der Waals surface area contributed by atoms with Crippen LogP contribution in [0.25, 0.3) is 0 Å². The molecule has 0 bridgehead atoms. The molecule has 3 aromatic rings. The molecule has 0 saturated carbocycles. The molecule has 8 heteroatoms. The molecule has 4 rings (SSSR count). The van der Waals surface area contributed by atoms with Gasteiger partial charge in [0.25, 0.3) is 0 Å². The molecular weight excluding hydrogens is 494 g/mol. The first kappa shape index (κ1) is 25.8. The number of amidine groups is 1. The maximum Gasteiger partial charge on any atom is 0.238 e. The third-order valence-electron chi connectivity index (χ3n) is 5.59. The number of nitrogens with one attached hydrogen (secondary N) is 1. The van der Waals surface area contributed by atoms with Crippen LogP contribution in [-0.2, 0) is 16.0 Å². The summed E-state index contributed by atoms with van der Waals surface area (Å²) in [6, 6.07) is 24.5. The SMILES string of the molecule is CCOc1cccc(NC(=O)C2CC(=O)N(CCCc3ccccc3)C(=Nc3ccc(Cl)cc3)S2)c1. The summed E-state index contributed by atoms with van der Waals surface area (Å²) < 4.78 is 5.52. The second-order valence-corrected chi connectivity index (χ2v) is 9.87. The fourth-order valence-electron chi connectivity index (χ4n) is 3.83. The van der Waals surface area contributed by atoms with Gasteiger partial charge < -0.3 is 10.1 Å². The molecule has 36 heavy (non-hydrogen) atoms. The molecule has 1 fully saturated rings. The standard InChI is InChI=1S/C28H28ClN3O3S/c1-2-35-24-12-6-11-23(18-24)30-27(34)25-19-26(33)32(17-7-10-20-8-4-3-5-9-20)28(36-25)31-22-15-13-21(29)14-16-22/h3-6,8-9,11-16,18,25H,2,7,10,17,19H2,1H3,(H,30,34). The minimum Gasteiger partial charge on any atom is -0.494 e. The number of hydrogen-bond donors (Lipinski definition) is 1. The summed E-state index contributed by atoms with van der Waals surface area (Å²) in [6.07, 6.45) is 1.74. The van der Waals surface area contributed by atoms with Crippen LogP contribution in [0, 0.1) is 0 Å². The van der Waals surface area contributed by atoms with Crippen LogP contribution >= 0.6 is 23.4 Å². The van der Waals surface area contributed by atoms with Gasteiger partial charge in [-0.05, 0) is 61.7 Å². The smallest absolute Gasteiger partial charge is 0.238 e. The predicted molar refractivity (Wildman–Crippen MR) is 147 cm³/mol. The van der Waals surface area contributed by atoms with E-state index in [0.29, 0.717) is 40.5 Å². The second-order valence-electron chi connectivity index (χ2n) is 8.27. The first-order valence-electron chi connectivity index (χ1n) is 11.9. The molecule has 1 heterocycles. The number of anilines is 1. The molecule has 1 aliphatic heterocycles. The molecule has 1 saturated heterocycles. The van der Waals surface area contributed by atoms with Crippen LogP contribution in [0.3, 0.4) is 0 Å². The van der Waals surface area contributed by atoms with Crippen molar-refractivity contribution in [1.29, 1.82) is 0 Å². The minimum atomic E-state index is -0.593. The summed E-state index contributed by atoms with van der Waals surface area (Å²) in [5.74, 6) is 0.324. The van der Waals surface area contributed by atoms with Gasteiger partial charge in [-0.3, -0.25) is 14.5 Å². The van der Waals surface area contributed by atoms with Crippen molar-refractivity contribution < 1.29 is 14.3 Å². The Bertz CT molecular complexity index is 1220. The van der Waals surface area contributed by atoms with Gasteiger partial charge in [0.15, 0.2) is 5.17 Å². The summed E-state index contributed by atoms with van der Waals surface area (Å²) in [5, 5.41) is 3.45. The molecule has 3 aromatic carbocycles. The number of nitrogens with zero attached hydrogens (tertiary/aromatic N) is 2. The average molecular weight is 522 g/mol. The Labute approximate surface area is 220 Å². The van der Waals surface area contributed by atoms with Crippen molar-refractivity contribution in [3.8, 4) is 5.75 Å². The number of carbonyl (C=O) groups is 2.